The van der Waals surface area contributed by atoms with Crippen molar-refractivity contribution >= 4 is 15.9 Å². The third kappa shape index (κ3) is 6.26. The van der Waals surface area contributed by atoms with Crippen molar-refractivity contribution in [2.75, 3.05) is 26.9 Å². The Morgan fingerprint density at radius 2 is 1.96 bits per heavy atom. The second kappa shape index (κ2) is 9.89. The van der Waals surface area contributed by atoms with Crippen molar-refractivity contribution in [3.05, 3.63) is 23.8 Å². The normalized spacial score (nSPS) is 15.6. The van der Waals surface area contributed by atoms with Crippen LogP contribution in [0.2, 0.25) is 0 Å². The van der Waals surface area contributed by atoms with Crippen molar-refractivity contribution in [2.45, 2.75) is 50.0 Å². The second-order valence-corrected chi connectivity index (χ2v) is 8.23. The minimum atomic E-state index is -3.54. The fourth-order valence-corrected chi connectivity index (χ4v) is 4.34. The smallest absolute Gasteiger partial charge is 0.258 e. The van der Waals surface area contributed by atoms with Crippen LogP contribution in [0.25, 0.3) is 0 Å². The van der Waals surface area contributed by atoms with E-state index in [1.807, 2.05) is 0 Å². The summed E-state index contributed by atoms with van der Waals surface area (Å²) in [4.78, 5) is 11.9. The molecule has 0 atom stereocenters. The fraction of sp³-hybridized carbons (Fsp3) is 0.611. The molecule has 146 valence electrons. The highest BCUT2D eigenvalue weighted by atomic mass is 32.2. The highest BCUT2D eigenvalue weighted by molar-refractivity contribution is 7.89. The van der Waals surface area contributed by atoms with Gasteiger partial charge < -0.3 is 14.8 Å². The number of ether oxygens (including phenoxy) is 2. The molecule has 1 saturated carbocycles. The van der Waals surface area contributed by atoms with E-state index in [4.69, 9.17) is 9.47 Å². The molecule has 8 heteroatoms. The van der Waals surface area contributed by atoms with Crippen molar-refractivity contribution in [2.24, 2.45) is 0 Å². The molecule has 0 saturated heterocycles. The predicted molar refractivity (Wildman–Crippen MR) is 98.8 cm³/mol. The molecule has 1 aliphatic rings. The largest absolute Gasteiger partial charge is 0.484 e. The van der Waals surface area contributed by atoms with Crippen LogP contribution in [0.5, 0.6) is 5.75 Å². The van der Waals surface area contributed by atoms with Crippen molar-refractivity contribution in [3.8, 4) is 5.75 Å². The van der Waals surface area contributed by atoms with Crippen LogP contribution in [0.15, 0.2) is 23.1 Å². The molecule has 0 radical (unpaired) electrons. The molecule has 0 bridgehead atoms. The lowest BCUT2D eigenvalue weighted by Gasteiger charge is -2.22. The van der Waals surface area contributed by atoms with Gasteiger partial charge in [0, 0.05) is 19.7 Å². The van der Waals surface area contributed by atoms with E-state index >= 15 is 0 Å². The molecule has 1 aromatic rings. The van der Waals surface area contributed by atoms with Crippen LogP contribution in [-0.4, -0.2) is 47.2 Å². The second-order valence-electron chi connectivity index (χ2n) is 6.51. The Labute approximate surface area is 155 Å². The summed E-state index contributed by atoms with van der Waals surface area (Å²) in [5.41, 5.74) is 0.668. The van der Waals surface area contributed by atoms with Crippen molar-refractivity contribution < 1.29 is 22.7 Å². The summed E-state index contributed by atoms with van der Waals surface area (Å²) in [6.07, 6.45) is 5.06. The Hall–Kier alpha value is -1.64. The van der Waals surface area contributed by atoms with E-state index in [1.54, 1.807) is 26.2 Å². The summed E-state index contributed by atoms with van der Waals surface area (Å²) < 4.78 is 38.2. The third-order valence-electron chi connectivity index (χ3n) is 4.37. The van der Waals surface area contributed by atoms with E-state index in [-0.39, 0.29) is 23.5 Å². The summed E-state index contributed by atoms with van der Waals surface area (Å²) in [7, 11) is -1.98. The Kier molecular flexibility index (Phi) is 7.86. The molecule has 2 rings (SSSR count). The van der Waals surface area contributed by atoms with E-state index < -0.39 is 10.0 Å². The van der Waals surface area contributed by atoms with Gasteiger partial charge in [-0.1, -0.05) is 19.3 Å². The molecule has 26 heavy (non-hydrogen) atoms. The van der Waals surface area contributed by atoms with E-state index in [9.17, 15) is 13.2 Å². The summed E-state index contributed by atoms with van der Waals surface area (Å²) in [6.45, 7) is 2.49. The van der Waals surface area contributed by atoms with E-state index in [0.29, 0.717) is 24.5 Å². The van der Waals surface area contributed by atoms with Crippen LogP contribution in [0.3, 0.4) is 0 Å². The van der Waals surface area contributed by atoms with E-state index in [2.05, 4.69) is 10.0 Å². The van der Waals surface area contributed by atoms with Gasteiger partial charge in [-0.3, -0.25) is 4.79 Å². The molecule has 1 aromatic carbocycles. The molecular formula is C18H28N2O5S. The molecule has 0 aliphatic heterocycles. The third-order valence-corrected chi connectivity index (χ3v) is 5.89. The van der Waals surface area contributed by atoms with Crippen LogP contribution in [0.1, 0.15) is 37.7 Å². The summed E-state index contributed by atoms with van der Waals surface area (Å²) in [5.74, 6) is 0.237. The number of hydrogen-bond donors (Lipinski definition) is 2. The lowest BCUT2D eigenvalue weighted by molar-refractivity contribution is -0.123. The molecule has 0 unspecified atom stereocenters. The number of aryl methyl sites for hydroxylation is 1. The van der Waals surface area contributed by atoms with Crippen molar-refractivity contribution in [1.82, 2.24) is 10.0 Å². The molecule has 7 nitrogen and oxygen atoms in total. The number of carbonyl (C=O) groups is 1. The SMILES string of the molecule is COCCNC(=O)COc1ccc(S(=O)(=O)NC2CCCCC2)cc1C. The molecule has 0 aromatic heterocycles. The first-order valence-corrected chi connectivity index (χ1v) is 10.4. The fourth-order valence-electron chi connectivity index (χ4n) is 2.95. The van der Waals surface area contributed by atoms with Gasteiger partial charge in [-0.15, -0.1) is 0 Å². The maximum absolute atomic E-state index is 12.5. The first kappa shape index (κ1) is 20.7. The Morgan fingerprint density at radius 1 is 1.23 bits per heavy atom. The van der Waals surface area contributed by atoms with Crippen LogP contribution in [0, 0.1) is 6.92 Å². The first-order chi connectivity index (χ1) is 12.4. The van der Waals surface area contributed by atoms with Gasteiger partial charge in [0.05, 0.1) is 11.5 Å². The number of methoxy groups -OCH3 is 1. The first-order valence-electron chi connectivity index (χ1n) is 8.94. The lowest BCUT2D eigenvalue weighted by Crippen LogP contribution is -2.36. The average Bonchev–Trinajstić information content (AvgIpc) is 2.61. The number of benzene rings is 1. The maximum atomic E-state index is 12.5. The van der Waals surface area contributed by atoms with Crippen LogP contribution < -0.4 is 14.8 Å². The van der Waals surface area contributed by atoms with Crippen LogP contribution in [0.4, 0.5) is 0 Å². The van der Waals surface area contributed by atoms with Crippen molar-refractivity contribution in [3.63, 3.8) is 0 Å². The predicted octanol–water partition coefficient (Wildman–Crippen LogP) is 1.75. The van der Waals surface area contributed by atoms with Gasteiger partial charge in [0.25, 0.3) is 5.91 Å². The quantitative estimate of drug-likeness (QED) is 0.633. The number of amides is 1. The summed E-state index contributed by atoms with van der Waals surface area (Å²) in [5, 5.41) is 2.66. The molecule has 1 aliphatic carbocycles. The highest BCUT2D eigenvalue weighted by Crippen LogP contribution is 2.24. The Morgan fingerprint density at radius 3 is 2.62 bits per heavy atom. The molecular weight excluding hydrogens is 356 g/mol. The highest BCUT2D eigenvalue weighted by Gasteiger charge is 2.22. The van der Waals surface area contributed by atoms with Crippen LogP contribution in [-0.2, 0) is 19.6 Å². The van der Waals surface area contributed by atoms with Gasteiger partial charge in [-0.05, 0) is 43.5 Å². The molecule has 2 N–H and O–H groups in total. The number of sulfonamides is 1. The number of rotatable bonds is 9. The maximum Gasteiger partial charge on any atom is 0.258 e. The van der Waals surface area contributed by atoms with Gasteiger partial charge in [0.15, 0.2) is 6.61 Å². The average molecular weight is 384 g/mol. The molecule has 0 heterocycles. The summed E-state index contributed by atoms with van der Waals surface area (Å²) in [6, 6.07) is 4.69. The topological polar surface area (TPSA) is 93.7 Å². The van der Waals surface area contributed by atoms with E-state index in [0.717, 1.165) is 25.7 Å². The molecule has 0 spiro atoms. The zero-order chi connectivity index (χ0) is 19.0. The number of hydrogen-bond acceptors (Lipinski definition) is 5. The minimum Gasteiger partial charge on any atom is -0.484 e. The Balaban J connectivity index is 1.94. The zero-order valence-corrected chi connectivity index (χ0v) is 16.2. The van der Waals surface area contributed by atoms with Gasteiger partial charge in [0.2, 0.25) is 10.0 Å². The molecule has 1 amide bonds. The van der Waals surface area contributed by atoms with Gasteiger partial charge in [0.1, 0.15) is 5.75 Å². The lowest BCUT2D eigenvalue weighted by atomic mass is 9.96. The van der Waals surface area contributed by atoms with Crippen molar-refractivity contribution in [1.29, 1.82) is 0 Å². The number of carbonyl (C=O) groups excluding carboxylic acids is 1. The van der Waals surface area contributed by atoms with Gasteiger partial charge in [-0.25, -0.2) is 13.1 Å². The Bertz CT molecular complexity index is 700. The molecule has 1 fully saturated rings. The van der Waals surface area contributed by atoms with Gasteiger partial charge in [-0.2, -0.15) is 0 Å². The van der Waals surface area contributed by atoms with Crippen LogP contribution >= 0.6 is 0 Å². The standard InChI is InChI=1S/C18H28N2O5S/c1-14-12-16(26(22,23)20-15-6-4-3-5-7-15)8-9-17(14)25-13-18(21)19-10-11-24-2/h8-9,12,15,20H,3-7,10-11,13H2,1-2H3,(H,19,21). The summed E-state index contributed by atoms with van der Waals surface area (Å²) >= 11 is 0. The minimum absolute atomic E-state index is 0.0146. The van der Waals surface area contributed by atoms with E-state index in [1.165, 1.54) is 12.5 Å². The van der Waals surface area contributed by atoms with Gasteiger partial charge >= 0.3 is 0 Å². The zero-order valence-electron chi connectivity index (χ0n) is 15.4. The monoisotopic (exact) mass is 384 g/mol. The number of nitrogens with one attached hydrogen (secondary N) is 2.